The minimum atomic E-state index is -0.487. The largest absolute Gasteiger partial charge is 0.339 e. The number of carbonyl (C=O) groups is 2. The number of nitrogens with zero attached hydrogens (tertiary/aromatic N) is 2. The van der Waals surface area contributed by atoms with Crippen molar-refractivity contribution in [1.29, 1.82) is 0 Å². The molecule has 0 atom stereocenters. The van der Waals surface area contributed by atoms with Crippen molar-refractivity contribution < 1.29 is 9.59 Å². The Bertz CT molecular complexity index is 741. The van der Waals surface area contributed by atoms with E-state index in [4.69, 9.17) is 23.2 Å². The van der Waals surface area contributed by atoms with Crippen LogP contribution in [0, 0.1) is 0 Å². The van der Waals surface area contributed by atoms with E-state index in [1.54, 1.807) is 29.2 Å². The summed E-state index contributed by atoms with van der Waals surface area (Å²) in [7, 11) is 0. The smallest absolute Gasteiger partial charge is 0.274 e. The number of hydrogen-bond acceptors (Lipinski definition) is 3. The second kappa shape index (κ2) is 8.13. The fraction of sp³-hybridized carbons (Fsp3) is 0.235. The molecule has 1 N–H and O–H groups in total. The van der Waals surface area contributed by atoms with Crippen LogP contribution >= 0.6 is 23.2 Å². The molecule has 2 aromatic rings. The van der Waals surface area contributed by atoms with Crippen molar-refractivity contribution in [2.24, 2.45) is 0 Å². The summed E-state index contributed by atoms with van der Waals surface area (Å²) < 4.78 is 0. The monoisotopic (exact) mass is 365 g/mol. The number of nitrogens with one attached hydrogen (secondary N) is 1. The minimum Gasteiger partial charge on any atom is -0.339 e. The molecule has 0 saturated heterocycles. The molecule has 5 nitrogen and oxygen atoms in total. The van der Waals surface area contributed by atoms with E-state index in [1.165, 1.54) is 12.3 Å². The van der Waals surface area contributed by atoms with Gasteiger partial charge in [0.05, 0.1) is 15.7 Å². The summed E-state index contributed by atoms with van der Waals surface area (Å²) in [5.41, 5.74) is 0.834. The van der Waals surface area contributed by atoms with Crippen LogP contribution in [0.3, 0.4) is 0 Å². The summed E-state index contributed by atoms with van der Waals surface area (Å²) in [5, 5.41) is 3.28. The lowest BCUT2D eigenvalue weighted by Crippen LogP contribution is -2.30. The van der Waals surface area contributed by atoms with Crippen molar-refractivity contribution in [3.63, 3.8) is 0 Å². The van der Waals surface area contributed by atoms with E-state index in [-0.39, 0.29) is 11.6 Å². The molecule has 1 aromatic heterocycles. The van der Waals surface area contributed by atoms with Gasteiger partial charge in [-0.05, 0) is 38.1 Å². The highest BCUT2D eigenvalue weighted by Gasteiger charge is 2.17. The van der Waals surface area contributed by atoms with Gasteiger partial charge < -0.3 is 10.2 Å². The first-order valence-corrected chi connectivity index (χ1v) is 8.24. The number of anilines is 1. The van der Waals surface area contributed by atoms with Crippen LogP contribution in [-0.4, -0.2) is 34.8 Å². The zero-order chi connectivity index (χ0) is 17.7. The highest BCUT2D eigenvalue weighted by molar-refractivity contribution is 6.40. The number of amides is 2. The second-order valence-corrected chi connectivity index (χ2v) is 5.77. The topological polar surface area (TPSA) is 62.3 Å². The molecule has 0 aliphatic carbocycles. The molecule has 7 heteroatoms. The Kier molecular flexibility index (Phi) is 6.17. The fourth-order valence-electron chi connectivity index (χ4n) is 2.18. The molecule has 1 heterocycles. The maximum atomic E-state index is 12.4. The molecule has 24 heavy (non-hydrogen) atoms. The molecule has 0 radical (unpaired) electrons. The number of aromatic nitrogens is 1. The molecule has 0 aliphatic rings. The van der Waals surface area contributed by atoms with Crippen LogP contribution in [0.15, 0.2) is 36.5 Å². The van der Waals surface area contributed by atoms with E-state index in [0.29, 0.717) is 34.4 Å². The molecular formula is C17H17Cl2N3O2. The molecular weight excluding hydrogens is 349 g/mol. The van der Waals surface area contributed by atoms with Gasteiger partial charge in [-0.2, -0.15) is 0 Å². The summed E-state index contributed by atoms with van der Waals surface area (Å²) in [5.74, 6) is -0.633. The summed E-state index contributed by atoms with van der Waals surface area (Å²) >= 11 is 12.1. The molecule has 0 fully saturated rings. The van der Waals surface area contributed by atoms with Gasteiger partial charge in [0, 0.05) is 24.8 Å². The van der Waals surface area contributed by atoms with Crippen molar-refractivity contribution in [2.45, 2.75) is 13.8 Å². The number of hydrogen-bond donors (Lipinski definition) is 1. The Morgan fingerprint density at radius 2 is 1.75 bits per heavy atom. The fourth-order valence-corrected chi connectivity index (χ4v) is 2.67. The lowest BCUT2D eigenvalue weighted by Gasteiger charge is -2.18. The Morgan fingerprint density at radius 1 is 1.12 bits per heavy atom. The average molecular weight is 366 g/mol. The van der Waals surface area contributed by atoms with E-state index in [1.807, 2.05) is 13.8 Å². The summed E-state index contributed by atoms with van der Waals surface area (Å²) in [6, 6.07) is 7.97. The van der Waals surface area contributed by atoms with Gasteiger partial charge in [0.15, 0.2) is 0 Å². The van der Waals surface area contributed by atoms with Gasteiger partial charge in [0.25, 0.3) is 11.8 Å². The van der Waals surface area contributed by atoms with Gasteiger partial charge in [-0.15, -0.1) is 0 Å². The van der Waals surface area contributed by atoms with E-state index in [0.717, 1.165) is 0 Å². The maximum Gasteiger partial charge on any atom is 0.274 e. The Morgan fingerprint density at radius 3 is 2.33 bits per heavy atom. The molecule has 0 spiro atoms. The zero-order valence-electron chi connectivity index (χ0n) is 13.3. The first-order chi connectivity index (χ1) is 11.5. The van der Waals surface area contributed by atoms with Crippen LogP contribution in [0.5, 0.6) is 0 Å². The third-order valence-corrected chi connectivity index (χ3v) is 4.12. The number of rotatable bonds is 5. The van der Waals surface area contributed by atoms with Crippen LogP contribution in [-0.2, 0) is 0 Å². The van der Waals surface area contributed by atoms with Gasteiger partial charge in [0.2, 0.25) is 0 Å². The van der Waals surface area contributed by atoms with Gasteiger partial charge in [-0.25, -0.2) is 0 Å². The predicted molar refractivity (Wildman–Crippen MR) is 95.9 cm³/mol. The standard InChI is InChI=1S/C17H17Cl2N3O2/c1-3-22(4-2)17(24)11-8-9-20-14(10-11)16(23)21-15-12(18)6-5-7-13(15)19/h5-10H,3-4H2,1-2H3,(H,21,23). The van der Waals surface area contributed by atoms with E-state index in [9.17, 15) is 9.59 Å². The molecule has 2 rings (SSSR count). The lowest BCUT2D eigenvalue weighted by molar-refractivity contribution is 0.0773. The first-order valence-electron chi connectivity index (χ1n) is 7.48. The lowest BCUT2D eigenvalue weighted by atomic mass is 10.2. The minimum absolute atomic E-state index is 0.115. The number of pyridine rings is 1. The summed E-state index contributed by atoms with van der Waals surface area (Å²) in [4.78, 5) is 30.4. The Hall–Kier alpha value is -2.11. The van der Waals surface area contributed by atoms with Crippen LogP contribution < -0.4 is 5.32 Å². The van der Waals surface area contributed by atoms with Gasteiger partial charge in [-0.3, -0.25) is 14.6 Å². The number of halogens is 2. The number of benzene rings is 1. The maximum absolute atomic E-state index is 12.4. The Labute approximate surface area is 150 Å². The van der Waals surface area contributed by atoms with Crippen LogP contribution in [0.25, 0.3) is 0 Å². The SMILES string of the molecule is CCN(CC)C(=O)c1ccnc(C(=O)Nc2c(Cl)cccc2Cl)c1. The second-order valence-electron chi connectivity index (χ2n) is 4.96. The average Bonchev–Trinajstić information content (AvgIpc) is 2.59. The highest BCUT2D eigenvalue weighted by Crippen LogP contribution is 2.30. The third kappa shape index (κ3) is 4.04. The summed E-state index contributed by atoms with van der Waals surface area (Å²) in [6.07, 6.45) is 1.43. The summed E-state index contributed by atoms with van der Waals surface area (Å²) in [6.45, 7) is 4.98. The van der Waals surface area contributed by atoms with Gasteiger partial charge in [-0.1, -0.05) is 29.3 Å². The third-order valence-electron chi connectivity index (χ3n) is 3.49. The van der Waals surface area contributed by atoms with Crippen molar-refractivity contribution in [3.05, 3.63) is 57.8 Å². The van der Waals surface area contributed by atoms with Crippen LogP contribution in [0.2, 0.25) is 10.0 Å². The molecule has 126 valence electrons. The van der Waals surface area contributed by atoms with Crippen molar-refractivity contribution >= 4 is 40.7 Å². The predicted octanol–water partition coefficient (Wildman–Crippen LogP) is 4.12. The quantitative estimate of drug-likeness (QED) is 0.866. The van der Waals surface area contributed by atoms with E-state index < -0.39 is 5.91 Å². The molecule has 0 bridgehead atoms. The number of carbonyl (C=O) groups excluding carboxylic acids is 2. The Balaban J connectivity index is 2.25. The normalized spacial score (nSPS) is 10.3. The molecule has 0 saturated carbocycles. The first kappa shape index (κ1) is 18.2. The zero-order valence-corrected chi connectivity index (χ0v) is 14.9. The van der Waals surface area contributed by atoms with Gasteiger partial charge in [0.1, 0.15) is 5.69 Å². The van der Waals surface area contributed by atoms with E-state index >= 15 is 0 Å². The van der Waals surface area contributed by atoms with Crippen molar-refractivity contribution in [2.75, 3.05) is 18.4 Å². The van der Waals surface area contributed by atoms with Crippen molar-refractivity contribution in [1.82, 2.24) is 9.88 Å². The molecule has 0 unspecified atom stereocenters. The van der Waals surface area contributed by atoms with E-state index in [2.05, 4.69) is 10.3 Å². The highest BCUT2D eigenvalue weighted by atomic mass is 35.5. The molecule has 2 amide bonds. The van der Waals surface area contributed by atoms with Gasteiger partial charge >= 0.3 is 0 Å². The molecule has 0 aliphatic heterocycles. The van der Waals surface area contributed by atoms with Crippen molar-refractivity contribution in [3.8, 4) is 0 Å². The molecule has 1 aromatic carbocycles. The van der Waals surface area contributed by atoms with Crippen LogP contribution in [0.4, 0.5) is 5.69 Å². The van der Waals surface area contributed by atoms with Crippen LogP contribution in [0.1, 0.15) is 34.7 Å². The number of para-hydroxylation sites is 1.